The highest BCUT2D eigenvalue weighted by atomic mass is 16.6. The Hall–Kier alpha value is -1.55. The van der Waals surface area contributed by atoms with E-state index in [9.17, 15) is 4.79 Å². The van der Waals surface area contributed by atoms with Gasteiger partial charge in [0.2, 0.25) is 0 Å². The number of hydrogen-bond acceptors (Lipinski definition) is 4. The molecule has 0 amide bonds. The molecule has 4 nitrogen and oxygen atoms in total. The monoisotopic (exact) mass is 235 g/mol. The molecule has 1 aliphatic rings. The fraction of sp³-hybridized carbons (Fsp3) is 0.462. The molecular weight excluding hydrogens is 218 g/mol. The number of hydrogen-bond donors (Lipinski definition) is 1. The molecule has 0 aliphatic carbocycles. The lowest BCUT2D eigenvalue weighted by Crippen LogP contribution is -2.22. The van der Waals surface area contributed by atoms with E-state index in [1.807, 2.05) is 19.1 Å². The highest BCUT2D eigenvalue weighted by molar-refractivity contribution is 5.99. The molecule has 1 aromatic rings. The van der Waals surface area contributed by atoms with Gasteiger partial charge in [-0.15, -0.1) is 0 Å². The summed E-state index contributed by atoms with van der Waals surface area (Å²) in [4.78, 5) is 12.0. The van der Waals surface area contributed by atoms with Crippen LogP contribution in [0, 0.1) is 0 Å². The van der Waals surface area contributed by atoms with Crippen LogP contribution in [0.25, 0.3) is 0 Å². The molecule has 0 spiro atoms. The van der Waals surface area contributed by atoms with Gasteiger partial charge in [0.25, 0.3) is 0 Å². The van der Waals surface area contributed by atoms with Crippen LogP contribution in [0.3, 0.4) is 0 Å². The number of likely N-dealkylation sites (N-methyl/N-ethyl adjacent to an activating group) is 1. The number of fused-ring (bicyclic) bond motifs is 1. The van der Waals surface area contributed by atoms with Crippen LogP contribution in [0.1, 0.15) is 22.8 Å². The molecule has 17 heavy (non-hydrogen) atoms. The zero-order chi connectivity index (χ0) is 12.3. The Balaban J connectivity index is 2.43. The second-order valence-corrected chi connectivity index (χ2v) is 3.92. The fourth-order valence-corrected chi connectivity index (χ4v) is 2.04. The molecule has 4 heteroatoms. The molecule has 0 bridgehead atoms. The van der Waals surface area contributed by atoms with E-state index in [-0.39, 0.29) is 5.78 Å². The van der Waals surface area contributed by atoms with Crippen LogP contribution in [0.4, 0.5) is 0 Å². The van der Waals surface area contributed by atoms with Crippen molar-refractivity contribution in [1.82, 2.24) is 5.32 Å². The molecule has 0 unspecified atom stereocenters. The summed E-state index contributed by atoms with van der Waals surface area (Å²) in [7, 11) is 1.77. The predicted molar refractivity (Wildman–Crippen MR) is 65.1 cm³/mol. The van der Waals surface area contributed by atoms with Gasteiger partial charge in [0.05, 0.1) is 6.54 Å². The molecule has 0 saturated heterocycles. The van der Waals surface area contributed by atoms with Crippen molar-refractivity contribution in [3.05, 3.63) is 23.3 Å². The lowest BCUT2D eigenvalue weighted by molar-refractivity contribution is 0.0991. The van der Waals surface area contributed by atoms with Crippen molar-refractivity contribution in [1.29, 1.82) is 0 Å². The van der Waals surface area contributed by atoms with Crippen molar-refractivity contribution in [3.63, 3.8) is 0 Å². The van der Waals surface area contributed by atoms with Gasteiger partial charge < -0.3 is 14.8 Å². The number of benzene rings is 1. The Kier molecular flexibility index (Phi) is 3.64. The summed E-state index contributed by atoms with van der Waals surface area (Å²) in [6.45, 7) is 3.47. The summed E-state index contributed by atoms with van der Waals surface area (Å²) in [5, 5.41) is 2.88. The summed E-state index contributed by atoms with van der Waals surface area (Å²) in [5.41, 5.74) is 1.67. The second kappa shape index (κ2) is 5.19. The largest absolute Gasteiger partial charge is 0.486 e. The Labute approximate surface area is 101 Å². The van der Waals surface area contributed by atoms with E-state index in [1.54, 1.807) is 7.05 Å². The SMILES string of the molecule is CCc1c(C(=O)CNC)ccc2c1OCCO2. The molecule has 92 valence electrons. The van der Waals surface area contributed by atoms with Crippen LogP contribution in [0.15, 0.2) is 12.1 Å². The molecule has 1 N–H and O–H groups in total. The van der Waals surface area contributed by atoms with Crippen LogP contribution in [-0.2, 0) is 6.42 Å². The van der Waals surface area contributed by atoms with Gasteiger partial charge in [-0.1, -0.05) is 6.92 Å². The molecule has 2 rings (SSSR count). The maximum absolute atomic E-state index is 12.0. The van der Waals surface area contributed by atoms with Gasteiger partial charge in [-0.2, -0.15) is 0 Å². The normalized spacial score (nSPS) is 13.5. The van der Waals surface area contributed by atoms with Gasteiger partial charge >= 0.3 is 0 Å². The number of carbonyl (C=O) groups is 1. The number of carbonyl (C=O) groups excluding carboxylic acids is 1. The van der Waals surface area contributed by atoms with Crippen LogP contribution in [0.5, 0.6) is 11.5 Å². The number of Topliss-reactive ketones (excluding diaryl/α,β-unsaturated/α-hetero) is 1. The van der Waals surface area contributed by atoms with E-state index in [0.29, 0.717) is 19.8 Å². The first-order valence-electron chi connectivity index (χ1n) is 5.87. The summed E-state index contributed by atoms with van der Waals surface area (Å²) < 4.78 is 11.1. The molecule has 0 fully saturated rings. The van der Waals surface area contributed by atoms with Crippen molar-refractivity contribution >= 4 is 5.78 Å². The molecule has 0 atom stereocenters. The lowest BCUT2D eigenvalue weighted by Gasteiger charge is -2.22. The van der Waals surface area contributed by atoms with Crippen molar-refractivity contribution in [2.24, 2.45) is 0 Å². The number of ether oxygens (including phenoxy) is 2. The maximum atomic E-state index is 12.0. The molecule has 1 aliphatic heterocycles. The fourth-order valence-electron chi connectivity index (χ4n) is 2.04. The third-order valence-corrected chi connectivity index (χ3v) is 2.80. The zero-order valence-corrected chi connectivity index (χ0v) is 10.2. The van der Waals surface area contributed by atoms with E-state index in [0.717, 1.165) is 29.0 Å². The van der Waals surface area contributed by atoms with E-state index in [4.69, 9.17) is 9.47 Å². The first-order chi connectivity index (χ1) is 8.27. The Morgan fingerprint density at radius 3 is 2.82 bits per heavy atom. The lowest BCUT2D eigenvalue weighted by atomic mass is 9.99. The molecule has 0 saturated carbocycles. The smallest absolute Gasteiger partial charge is 0.177 e. The number of rotatable bonds is 4. The standard InChI is InChI=1S/C13H17NO3/c1-3-9-10(11(15)8-14-2)4-5-12-13(9)17-7-6-16-12/h4-5,14H,3,6-8H2,1-2H3. The third kappa shape index (κ3) is 2.26. The first kappa shape index (κ1) is 11.9. The van der Waals surface area contributed by atoms with Gasteiger partial charge in [-0.3, -0.25) is 4.79 Å². The molecule has 0 radical (unpaired) electrons. The Morgan fingerprint density at radius 2 is 2.12 bits per heavy atom. The maximum Gasteiger partial charge on any atom is 0.177 e. The molecule has 1 heterocycles. The van der Waals surface area contributed by atoms with Crippen molar-refractivity contribution in [2.75, 3.05) is 26.8 Å². The van der Waals surface area contributed by atoms with Crippen LogP contribution >= 0.6 is 0 Å². The first-order valence-corrected chi connectivity index (χ1v) is 5.87. The van der Waals surface area contributed by atoms with E-state index in [1.165, 1.54) is 0 Å². The second-order valence-electron chi connectivity index (χ2n) is 3.92. The highest BCUT2D eigenvalue weighted by Crippen LogP contribution is 2.36. The highest BCUT2D eigenvalue weighted by Gasteiger charge is 2.20. The summed E-state index contributed by atoms with van der Waals surface area (Å²) in [5.74, 6) is 1.57. The number of ketones is 1. The van der Waals surface area contributed by atoms with Crippen LogP contribution in [-0.4, -0.2) is 32.6 Å². The van der Waals surface area contributed by atoms with E-state index in [2.05, 4.69) is 5.32 Å². The average molecular weight is 235 g/mol. The summed E-state index contributed by atoms with van der Waals surface area (Å²) >= 11 is 0. The third-order valence-electron chi connectivity index (χ3n) is 2.80. The summed E-state index contributed by atoms with van der Waals surface area (Å²) in [6, 6.07) is 3.64. The Morgan fingerprint density at radius 1 is 1.35 bits per heavy atom. The Bertz CT molecular complexity index is 429. The topological polar surface area (TPSA) is 47.6 Å². The minimum absolute atomic E-state index is 0.0846. The predicted octanol–water partition coefficient (Wildman–Crippen LogP) is 1.42. The van der Waals surface area contributed by atoms with Gasteiger partial charge in [0.1, 0.15) is 13.2 Å². The minimum atomic E-state index is 0.0846. The molecule has 0 aromatic heterocycles. The van der Waals surface area contributed by atoms with Gasteiger partial charge in [0, 0.05) is 11.1 Å². The van der Waals surface area contributed by atoms with Crippen molar-refractivity contribution < 1.29 is 14.3 Å². The molecular formula is C13H17NO3. The minimum Gasteiger partial charge on any atom is -0.486 e. The van der Waals surface area contributed by atoms with E-state index < -0.39 is 0 Å². The summed E-state index contributed by atoms with van der Waals surface area (Å²) in [6.07, 6.45) is 0.761. The quantitative estimate of drug-likeness (QED) is 0.802. The van der Waals surface area contributed by atoms with Gasteiger partial charge in [-0.05, 0) is 25.6 Å². The van der Waals surface area contributed by atoms with Crippen molar-refractivity contribution in [2.45, 2.75) is 13.3 Å². The van der Waals surface area contributed by atoms with Crippen molar-refractivity contribution in [3.8, 4) is 11.5 Å². The van der Waals surface area contributed by atoms with Crippen LogP contribution < -0.4 is 14.8 Å². The average Bonchev–Trinajstić information content (AvgIpc) is 2.37. The molecule has 1 aromatic carbocycles. The van der Waals surface area contributed by atoms with E-state index >= 15 is 0 Å². The van der Waals surface area contributed by atoms with Gasteiger partial charge in [-0.25, -0.2) is 0 Å². The van der Waals surface area contributed by atoms with Crippen LogP contribution in [0.2, 0.25) is 0 Å². The number of nitrogens with one attached hydrogen (secondary N) is 1. The zero-order valence-electron chi connectivity index (χ0n) is 10.2. The van der Waals surface area contributed by atoms with Gasteiger partial charge in [0.15, 0.2) is 17.3 Å².